The Balaban J connectivity index is 1.49. The summed E-state index contributed by atoms with van der Waals surface area (Å²) < 4.78 is 110. The van der Waals surface area contributed by atoms with Crippen LogP contribution in [0.1, 0.15) is 45.2 Å². The minimum Gasteiger partial charge on any atom is -0.207 e. The van der Waals surface area contributed by atoms with E-state index < -0.39 is 46.9 Å². The van der Waals surface area contributed by atoms with Crippen LogP contribution in [0.4, 0.5) is 35.1 Å². The molecule has 0 saturated heterocycles. The average molecular weight is 731 g/mol. The van der Waals surface area contributed by atoms with Crippen molar-refractivity contribution in [2.75, 3.05) is 0 Å². The lowest BCUT2D eigenvalue weighted by Crippen LogP contribution is -2.09. The number of nitriles is 2. The molecule has 0 aliphatic heterocycles. The van der Waals surface area contributed by atoms with Crippen LogP contribution in [0.15, 0.2) is 132 Å². The number of benzene rings is 6. The first-order valence-electron chi connectivity index (χ1n) is 16.6. The van der Waals surface area contributed by atoms with E-state index in [-0.39, 0.29) is 5.57 Å². The summed E-state index contributed by atoms with van der Waals surface area (Å²) in [7, 11) is 0. The van der Waals surface area contributed by atoms with Crippen LogP contribution >= 0.6 is 0 Å². The lowest BCUT2D eigenvalue weighted by Gasteiger charge is -2.23. The number of hydrogen-bond acceptors (Lipinski definition) is 2. The van der Waals surface area contributed by atoms with E-state index in [4.69, 9.17) is 0 Å². The largest absolute Gasteiger partial charge is 0.416 e. The Labute approximate surface area is 303 Å². The molecule has 0 radical (unpaired) electrons. The van der Waals surface area contributed by atoms with Crippen molar-refractivity contribution in [2.24, 2.45) is 0 Å². The number of alkyl halides is 6. The molecule has 0 aromatic heterocycles. The first-order valence-corrected chi connectivity index (χ1v) is 16.6. The Morgan fingerprint density at radius 2 is 0.926 bits per heavy atom. The topological polar surface area (TPSA) is 47.6 Å². The summed E-state index contributed by atoms with van der Waals surface area (Å²) >= 11 is 0. The first-order chi connectivity index (χ1) is 25.8. The van der Waals surface area contributed by atoms with Crippen molar-refractivity contribution in [1.29, 1.82) is 10.5 Å². The van der Waals surface area contributed by atoms with Crippen molar-refractivity contribution in [1.82, 2.24) is 0 Å². The van der Waals surface area contributed by atoms with Crippen molar-refractivity contribution >= 4 is 21.9 Å². The fourth-order valence-corrected chi connectivity index (χ4v) is 7.97. The molecular weight excluding hydrogens is 708 g/mol. The van der Waals surface area contributed by atoms with Crippen LogP contribution in [0, 0.1) is 34.3 Å². The number of nitrogens with zero attached hydrogens (tertiary/aromatic N) is 2. The summed E-state index contributed by atoms with van der Waals surface area (Å²) in [5, 5.41) is 21.8. The fraction of sp³-hybridized carbons (Fsp3) is 0.0909. The van der Waals surface area contributed by atoms with E-state index in [9.17, 15) is 45.6 Å². The van der Waals surface area contributed by atoms with Gasteiger partial charge in [0, 0.05) is 11.8 Å². The van der Waals surface area contributed by atoms with Gasteiger partial charge in [0.1, 0.15) is 29.3 Å². The molecule has 2 nitrogen and oxygen atoms in total. The van der Waals surface area contributed by atoms with E-state index in [1.165, 1.54) is 48.5 Å². The Hall–Kier alpha value is -6.52. The van der Waals surface area contributed by atoms with Gasteiger partial charge < -0.3 is 0 Å². The molecule has 2 atom stereocenters. The zero-order chi connectivity index (χ0) is 38.1. The number of fused-ring (bicyclic) bond motifs is 3. The molecule has 0 fully saturated rings. The van der Waals surface area contributed by atoms with Crippen LogP contribution < -0.4 is 0 Å². The average Bonchev–Trinajstić information content (AvgIpc) is 3.66. The molecule has 0 N–H and O–H groups in total. The standard InChI is InChI=1S/C44H22F8N2/c45-30-13-5-25(6-14-30)36-38(27(21-53)22-54)37(26-7-15-31(46)16-8-26)42-35-20-18-33(24-3-11-29(12-4-24)44(50,51)52)39-32(17-19-34(40(35)39)41(36)42)23-1-9-28(10-2-23)43(47,48)49/h1-20,36,41H. The Kier molecular flexibility index (Phi) is 8.04. The molecule has 2 aliphatic carbocycles. The maximum absolute atomic E-state index is 14.3. The molecule has 264 valence electrons. The van der Waals surface area contributed by atoms with Gasteiger partial charge in [0.15, 0.2) is 0 Å². The minimum atomic E-state index is -4.58. The predicted molar refractivity (Wildman–Crippen MR) is 188 cm³/mol. The monoisotopic (exact) mass is 730 g/mol. The second-order valence-corrected chi connectivity index (χ2v) is 13.1. The van der Waals surface area contributed by atoms with E-state index in [1.54, 1.807) is 42.5 Å². The fourth-order valence-electron chi connectivity index (χ4n) is 7.97. The summed E-state index contributed by atoms with van der Waals surface area (Å²) in [5.74, 6) is -2.31. The third kappa shape index (κ3) is 5.54. The highest BCUT2D eigenvalue weighted by atomic mass is 19.4. The molecule has 0 bridgehead atoms. The highest BCUT2D eigenvalue weighted by Crippen LogP contribution is 2.65. The van der Waals surface area contributed by atoms with Gasteiger partial charge in [-0.05, 0) is 121 Å². The zero-order valence-electron chi connectivity index (χ0n) is 27.6. The van der Waals surface area contributed by atoms with Crippen LogP contribution in [0.25, 0.3) is 44.2 Å². The summed E-state index contributed by atoms with van der Waals surface area (Å²) in [6.07, 6.45) is -9.17. The van der Waals surface area contributed by atoms with E-state index in [1.807, 2.05) is 18.2 Å². The zero-order valence-corrected chi connectivity index (χ0v) is 27.6. The van der Waals surface area contributed by atoms with E-state index >= 15 is 0 Å². The number of allylic oxidation sites excluding steroid dienone is 4. The second kappa shape index (κ2) is 12.6. The minimum absolute atomic E-state index is 0.189. The summed E-state index contributed by atoms with van der Waals surface area (Å²) in [6.45, 7) is 0. The Morgan fingerprint density at radius 3 is 1.41 bits per heavy atom. The second-order valence-electron chi connectivity index (χ2n) is 13.1. The van der Waals surface area contributed by atoms with Crippen LogP contribution in [0.5, 0.6) is 0 Å². The van der Waals surface area contributed by atoms with Gasteiger partial charge >= 0.3 is 12.4 Å². The quantitative estimate of drug-likeness (QED) is 0.134. The Morgan fingerprint density at radius 1 is 0.481 bits per heavy atom. The van der Waals surface area contributed by atoms with Crippen LogP contribution in [-0.2, 0) is 12.4 Å². The maximum Gasteiger partial charge on any atom is 0.416 e. The van der Waals surface area contributed by atoms with Gasteiger partial charge in [0.05, 0.1) is 11.1 Å². The van der Waals surface area contributed by atoms with Crippen molar-refractivity contribution in [2.45, 2.75) is 24.2 Å². The van der Waals surface area contributed by atoms with Crippen LogP contribution in [0.3, 0.4) is 0 Å². The highest BCUT2D eigenvalue weighted by molar-refractivity contribution is 6.21. The van der Waals surface area contributed by atoms with E-state index in [0.29, 0.717) is 66.4 Å². The van der Waals surface area contributed by atoms with Gasteiger partial charge in [0.2, 0.25) is 0 Å². The van der Waals surface area contributed by atoms with Gasteiger partial charge in [-0.1, -0.05) is 72.8 Å². The SMILES string of the molecule is N#CC(C#N)=C1C(c2ccc(F)cc2)=C2c3ccc(-c4ccc(C(F)(F)F)cc4)c4c(-c5ccc(C(F)(F)F)cc5)ccc(c34)C2C1c1ccc(F)cc1. The van der Waals surface area contributed by atoms with Crippen molar-refractivity contribution in [3.8, 4) is 34.4 Å². The third-order valence-corrected chi connectivity index (χ3v) is 10.2. The third-order valence-electron chi connectivity index (χ3n) is 10.2. The van der Waals surface area contributed by atoms with Gasteiger partial charge in [0.25, 0.3) is 0 Å². The van der Waals surface area contributed by atoms with Crippen molar-refractivity contribution in [3.05, 3.63) is 177 Å². The lowest BCUT2D eigenvalue weighted by atomic mass is 9.78. The maximum atomic E-state index is 14.3. The molecule has 6 aromatic rings. The van der Waals surface area contributed by atoms with Gasteiger partial charge in [-0.2, -0.15) is 36.9 Å². The molecule has 0 amide bonds. The predicted octanol–water partition coefficient (Wildman–Crippen LogP) is 12.6. The molecule has 0 saturated carbocycles. The molecule has 0 spiro atoms. The van der Waals surface area contributed by atoms with Gasteiger partial charge in [-0.3, -0.25) is 0 Å². The first kappa shape index (κ1) is 34.6. The molecular formula is C44H22F8N2. The van der Waals surface area contributed by atoms with Gasteiger partial charge in [-0.15, -0.1) is 0 Å². The van der Waals surface area contributed by atoms with E-state index in [0.717, 1.165) is 29.8 Å². The summed E-state index contributed by atoms with van der Waals surface area (Å²) in [6, 6.07) is 31.7. The molecule has 6 aromatic carbocycles. The smallest absolute Gasteiger partial charge is 0.207 e. The number of halogens is 8. The molecule has 2 unspecified atom stereocenters. The van der Waals surface area contributed by atoms with Crippen molar-refractivity contribution < 1.29 is 35.1 Å². The molecule has 0 heterocycles. The van der Waals surface area contributed by atoms with Gasteiger partial charge in [-0.25, -0.2) is 8.78 Å². The Bertz CT molecular complexity index is 2560. The normalized spacial score (nSPS) is 16.4. The summed E-state index contributed by atoms with van der Waals surface area (Å²) in [4.78, 5) is 0. The van der Waals surface area contributed by atoms with E-state index in [2.05, 4.69) is 0 Å². The molecule has 10 heteroatoms. The highest BCUT2D eigenvalue weighted by Gasteiger charge is 2.48. The van der Waals surface area contributed by atoms with Crippen molar-refractivity contribution in [3.63, 3.8) is 0 Å². The summed E-state index contributed by atoms with van der Waals surface area (Å²) in [5.41, 5.74) is 4.05. The van der Waals surface area contributed by atoms with Crippen LogP contribution in [-0.4, -0.2) is 0 Å². The molecule has 54 heavy (non-hydrogen) atoms. The number of hydrogen-bond donors (Lipinski definition) is 0. The van der Waals surface area contributed by atoms with Crippen LogP contribution in [0.2, 0.25) is 0 Å². The lowest BCUT2D eigenvalue weighted by molar-refractivity contribution is -0.138. The molecule has 8 rings (SSSR count). The number of rotatable bonds is 4. The molecule has 2 aliphatic rings.